The largest absolute Gasteiger partial charge is 0.388 e. The molecule has 1 saturated carbocycles. The molecular formula is C18H24ClNO. The minimum absolute atomic E-state index is 0.498. The Morgan fingerprint density at radius 3 is 2.19 bits per heavy atom. The van der Waals surface area contributed by atoms with E-state index in [1.54, 1.807) is 0 Å². The molecule has 114 valence electrons. The fourth-order valence-corrected chi connectivity index (χ4v) is 3.57. The minimum Gasteiger partial charge on any atom is -0.388 e. The van der Waals surface area contributed by atoms with Crippen LogP contribution in [-0.4, -0.2) is 10.7 Å². The molecule has 1 aliphatic rings. The molecule has 1 aromatic rings. The molecule has 0 aliphatic heterocycles. The summed E-state index contributed by atoms with van der Waals surface area (Å²) in [7, 11) is 0. The van der Waals surface area contributed by atoms with E-state index in [1.807, 2.05) is 31.2 Å². The van der Waals surface area contributed by atoms with Gasteiger partial charge in [-0.25, -0.2) is 0 Å². The predicted octanol–water partition coefficient (Wildman–Crippen LogP) is 4.89. The van der Waals surface area contributed by atoms with Crippen molar-refractivity contribution in [2.75, 3.05) is 0 Å². The van der Waals surface area contributed by atoms with Crippen molar-refractivity contribution in [1.82, 2.24) is 0 Å². The summed E-state index contributed by atoms with van der Waals surface area (Å²) in [6.07, 6.45) is 7.74. The molecule has 2 nitrogen and oxygen atoms in total. The van der Waals surface area contributed by atoms with E-state index in [4.69, 9.17) is 11.6 Å². The van der Waals surface area contributed by atoms with Gasteiger partial charge in [-0.05, 0) is 37.5 Å². The van der Waals surface area contributed by atoms with Gasteiger partial charge in [0.1, 0.15) is 0 Å². The van der Waals surface area contributed by atoms with Crippen LogP contribution in [-0.2, 0) is 6.42 Å². The Morgan fingerprint density at radius 1 is 1.14 bits per heavy atom. The van der Waals surface area contributed by atoms with E-state index >= 15 is 0 Å². The maximum absolute atomic E-state index is 11.1. The molecule has 1 unspecified atom stereocenters. The summed E-state index contributed by atoms with van der Waals surface area (Å²) in [5, 5.41) is 21.6. The van der Waals surface area contributed by atoms with Crippen LogP contribution in [0.15, 0.2) is 24.3 Å². The molecule has 0 aromatic heterocycles. The SMILES string of the molecule is CC(O)(Cc1ccc(Cl)cc1)C1(C#N)CCCCCCC1. The van der Waals surface area contributed by atoms with Crippen LogP contribution in [0.3, 0.4) is 0 Å². The van der Waals surface area contributed by atoms with Gasteiger partial charge in [0.2, 0.25) is 0 Å². The van der Waals surface area contributed by atoms with Gasteiger partial charge in [0.05, 0.1) is 17.1 Å². The van der Waals surface area contributed by atoms with E-state index in [9.17, 15) is 10.4 Å². The van der Waals surface area contributed by atoms with E-state index in [-0.39, 0.29) is 0 Å². The molecule has 0 radical (unpaired) electrons. The van der Waals surface area contributed by atoms with E-state index in [0.717, 1.165) is 31.2 Å². The molecule has 0 amide bonds. The van der Waals surface area contributed by atoms with Gasteiger partial charge in [0.15, 0.2) is 0 Å². The topological polar surface area (TPSA) is 44.0 Å². The second kappa shape index (κ2) is 6.81. The van der Waals surface area contributed by atoms with Crippen molar-refractivity contribution in [3.05, 3.63) is 34.9 Å². The fourth-order valence-electron chi connectivity index (χ4n) is 3.45. The zero-order valence-corrected chi connectivity index (χ0v) is 13.5. The van der Waals surface area contributed by atoms with Gasteiger partial charge in [-0.15, -0.1) is 0 Å². The van der Waals surface area contributed by atoms with Crippen LogP contribution in [0.4, 0.5) is 0 Å². The Labute approximate surface area is 132 Å². The number of benzene rings is 1. The van der Waals surface area contributed by atoms with E-state index < -0.39 is 11.0 Å². The first-order valence-electron chi connectivity index (χ1n) is 7.87. The summed E-state index contributed by atoms with van der Waals surface area (Å²) < 4.78 is 0. The van der Waals surface area contributed by atoms with Crippen molar-refractivity contribution >= 4 is 11.6 Å². The third-order valence-corrected chi connectivity index (χ3v) is 5.17. The Balaban J connectivity index is 2.21. The molecule has 0 heterocycles. The van der Waals surface area contributed by atoms with Crippen molar-refractivity contribution in [3.8, 4) is 6.07 Å². The summed E-state index contributed by atoms with van der Waals surface area (Å²) in [6, 6.07) is 10.0. The maximum atomic E-state index is 11.1. The van der Waals surface area contributed by atoms with Crippen LogP contribution >= 0.6 is 11.6 Å². The molecule has 0 bridgehead atoms. The third kappa shape index (κ3) is 3.78. The van der Waals surface area contributed by atoms with Gasteiger partial charge in [-0.2, -0.15) is 5.26 Å². The van der Waals surface area contributed by atoms with Crippen LogP contribution in [0.25, 0.3) is 0 Å². The average Bonchev–Trinajstić information content (AvgIpc) is 2.41. The smallest absolute Gasteiger partial charge is 0.0860 e. The van der Waals surface area contributed by atoms with Gasteiger partial charge < -0.3 is 5.11 Å². The van der Waals surface area contributed by atoms with Crippen molar-refractivity contribution in [2.24, 2.45) is 5.41 Å². The van der Waals surface area contributed by atoms with Crippen molar-refractivity contribution in [1.29, 1.82) is 5.26 Å². The molecule has 2 rings (SSSR count). The van der Waals surface area contributed by atoms with Crippen LogP contribution in [0, 0.1) is 16.7 Å². The maximum Gasteiger partial charge on any atom is 0.0860 e. The van der Waals surface area contributed by atoms with Crippen LogP contribution in [0.5, 0.6) is 0 Å². The lowest BCUT2D eigenvalue weighted by atomic mass is 9.64. The van der Waals surface area contributed by atoms with Gasteiger partial charge >= 0.3 is 0 Å². The molecule has 1 aliphatic carbocycles. The zero-order chi connectivity index (χ0) is 15.3. The first-order valence-corrected chi connectivity index (χ1v) is 8.25. The Kier molecular flexibility index (Phi) is 5.30. The van der Waals surface area contributed by atoms with Crippen LogP contribution in [0.1, 0.15) is 57.4 Å². The highest BCUT2D eigenvalue weighted by molar-refractivity contribution is 6.30. The van der Waals surface area contributed by atoms with Gasteiger partial charge in [-0.1, -0.05) is 55.8 Å². The molecule has 1 atom stereocenters. The first kappa shape index (κ1) is 16.3. The number of hydrogen-bond donors (Lipinski definition) is 1. The average molecular weight is 306 g/mol. The fraction of sp³-hybridized carbons (Fsp3) is 0.611. The second-order valence-electron chi connectivity index (χ2n) is 6.54. The van der Waals surface area contributed by atoms with Gasteiger partial charge in [-0.3, -0.25) is 0 Å². The normalized spacial score (nSPS) is 21.6. The standard InChI is InChI=1S/C18H24ClNO/c1-17(21,13-15-7-9-16(19)10-8-15)18(14-20)11-5-3-2-4-6-12-18/h7-10,21H,2-6,11-13H2,1H3. The lowest BCUT2D eigenvalue weighted by Gasteiger charge is -2.41. The van der Waals surface area contributed by atoms with Crippen LogP contribution in [0.2, 0.25) is 5.02 Å². The molecule has 0 saturated heterocycles. The predicted molar refractivity (Wildman–Crippen MR) is 86.1 cm³/mol. The van der Waals surface area contributed by atoms with E-state index in [0.29, 0.717) is 11.4 Å². The molecule has 0 spiro atoms. The molecular weight excluding hydrogens is 282 g/mol. The molecule has 3 heteroatoms. The molecule has 1 aromatic carbocycles. The third-order valence-electron chi connectivity index (χ3n) is 4.91. The number of nitriles is 1. The number of hydrogen-bond acceptors (Lipinski definition) is 2. The Morgan fingerprint density at radius 2 is 1.67 bits per heavy atom. The summed E-state index contributed by atoms with van der Waals surface area (Å²) in [5.74, 6) is 0. The van der Waals surface area contributed by atoms with Crippen LogP contribution < -0.4 is 0 Å². The van der Waals surface area contributed by atoms with Gasteiger partial charge in [0.25, 0.3) is 0 Å². The number of rotatable bonds is 3. The second-order valence-corrected chi connectivity index (χ2v) is 6.98. The lowest BCUT2D eigenvalue weighted by molar-refractivity contribution is -0.0517. The molecule has 1 fully saturated rings. The van der Waals surface area contributed by atoms with E-state index in [1.165, 1.54) is 19.3 Å². The molecule has 21 heavy (non-hydrogen) atoms. The highest BCUT2D eigenvalue weighted by Gasteiger charge is 2.46. The van der Waals surface area contributed by atoms with Crippen molar-refractivity contribution in [2.45, 2.75) is 63.9 Å². The van der Waals surface area contributed by atoms with E-state index in [2.05, 4.69) is 6.07 Å². The minimum atomic E-state index is -1.01. The monoisotopic (exact) mass is 305 g/mol. The first-order chi connectivity index (χ1) is 9.99. The number of nitrogens with zero attached hydrogens (tertiary/aromatic N) is 1. The number of halogens is 1. The van der Waals surface area contributed by atoms with Crippen molar-refractivity contribution in [3.63, 3.8) is 0 Å². The highest BCUT2D eigenvalue weighted by atomic mass is 35.5. The molecule has 1 N–H and O–H groups in total. The number of aliphatic hydroxyl groups is 1. The summed E-state index contributed by atoms with van der Waals surface area (Å²) in [5.41, 5.74) is -0.610. The zero-order valence-electron chi connectivity index (χ0n) is 12.7. The lowest BCUT2D eigenvalue weighted by Crippen LogP contribution is -2.47. The van der Waals surface area contributed by atoms with Crippen molar-refractivity contribution < 1.29 is 5.11 Å². The highest BCUT2D eigenvalue weighted by Crippen LogP contribution is 2.44. The Hall–Kier alpha value is -1.04. The quantitative estimate of drug-likeness (QED) is 0.864. The summed E-state index contributed by atoms with van der Waals surface area (Å²) in [6.45, 7) is 1.83. The van der Waals surface area contributed by atoms with Gasteiger partial charge in [0, 0.05) is 11.4 Å². The summed E-state index contributed by atoms with van der Waals surface area (Å²) in [4.78, 5) is 0. The summed E-state index contributed by atoms with van der Waals surface area (Å²) >= 11 is 5.91. The Bertz CT molecular complexity index is 493.